The minimum Gasteiger partial charge on any atom is -0.493 e. The predicted octanol–water partition coefficient (Wildman–Crippen LogP) is 3.55. The molecule has 3 heteroatoms. The largest absolute Gasteiger partial charge is 0.493 e. The number of ether oxygens (including phenoxy) is 1. The fourth-order valence-electron chi connectivity index (χ4n) is 1.98. The molecule has 0 saturated heterocycles. The molecule has 0 saturated carbocycles. The Morgan fingerprint density at radius 3 is 2.45 bits per heavy atom. The van der Waals surface area contributed by atoms with E-state index in [0.717, 1.165) is 18.7 Å². The zero-order valence-electron chi connectivity index (χ0n) is 13.4. The van der Waals surface area contributed by atoms with Crippen molar-refractivity contribution in [3.63, 3.8) is 0 Å². The van der Waals surface area contributed by atoms with Crippen LogP contribution in [0, 0.1) is 12.8 Å². The molecule has 1 aromatic carbocycles. The van der Waals surface area contributed by atoms with Crippen molar-refractivity contribution in [1.82, 2.24) is 4.90 Å². The minimum absolute atomic E-state index is 0.135. The van der Waals surface area contributed by atoms with Gasteiger partial charge >= 0.3 is 0 Å². The molecule has 0 spiro atoms. The lowest BCUT2D eigenvalue weighted by molar-refractivity contribution is 0.0932. The quantitative estimate of drug-likeness (QED) is 0.681. The normalized spacial score (nSPS) is 11.2. The molecule has 0 bridgehead atoms. The lowest BCUT2D eigenvalue weighted by Crippen LogP contribution is -2.29. The Kier molecular flexibility index (Phi) is 6.73. The van der Waals surface area contributed by atoms with Gasteiger partial charge in [-0.05, 0) is 38.1 Å². The van der Waals surface area contributed by atoms with E-state index in [9.17, 15) is 4.79 Å². The molecule has 0 fully saturated rings. The Bertz CT molecular complexity index is 437. The van der Waals surface area contributed by atoms with Gasteiger partial charge < -0.3 is 4.74 Å². The Hall–Kier alpha value is -1.35. The summed E-state index contributed by atoms with van der Waals surface area (Å²) in [5, 5.41) is 0. The molecule has 0 radical (unpaired) electrons. The van der Waals surface area contributed by atoms with Gasteiger partial charge in [0, 0.05) is 0 Å². The van der Waals surface area contributed by atoms with Gasteiger partial charge in [0.1, 0.15) is 5.75 Å². The second kappa shape index (κ2) is 8.05. The highest BCUT2D eigenvalue weighted by molar-refractivity contribution is 6.00. The lowest BCUT2D eigenvalue weighted by Gasteiger charge is -2.18. The van der Waals surface area contributed by atoms with Crippen LogP contribution in [0.25, 0.3) is 0 Å². The van der Waals surface area contributed by atoms with Gasteiger partial charge in [-0.2, -0.15) is 0 Å². The van der Waals surface area contributed by atoms with Crippen molar-refractivity contribution < 1.29 is 9.53 Å². The number of hydrogen-bond donors (Lipinski definition) is 0. The summed E-state index contributed by atoms with van der Waals surface area (Å²) in [5.41, 5.74) is 1.79. The van der Waals surface area contributed by atoms with Gasteiger partial charge in [0.2, 0.25) is 0 Å². The van der Waals surface area contributed by atoms with Crippen molar-refractivity contribution in [2.24, 2.45) is 5.92 Å². The maximum atomic E-state index is 12.5. The molecule has 0 aliphatic carbocycles. The van der Waals surface area contributed by atoms with Crippen molar-refractivity contribution in [1.29, 1.82) is 0 Å². The van der Waals surface area contributed by atoms with Gasteiger partial charge in [0.05, 0.1) is 18.7 Å². The average molecular weight is 277 g/mol. The number of hydrogen-bond acceptors (Lipinski definition) is 3. The lowest BCUT2D eigenvalue weighted by atomic mass is 10.1. The number of benzene rings is 1. The summed E-state index contributed by atoms with van der Waals surface area (Å²) in [6.45, 7) is 13.2. The molecule has 20 heavy (non-hydrogen) atoms. The fourth-order valence-corrected chi connectivity index (χ4v) is 1.98. The van der Waals surface area contributed by atoms with Crippen LogP contribution in [-0.4, -0.2) is 36.9 Å². The topological polar surface area (TPSA) is 29.5 Å². The third kappa shape index (κ3) is 4.97. The van der Waals surface area contributed by atoms with Crippen LogP contribution in [0.3, 0.4) is 0 Å². The standard InChI is InChI=1S/C17H27NO2/c1-6-18(7-2)11-16(19)15-10-14(5)8-9-17(15)20-12-13(3)4/h8-10,13H,6-7,11-12H2,1-5H3. The monoisotopic (exact) mass is 277 g/mol. The molecule has 1 rings (SSSR count). The average Bonchev–Trinajstić information content (AvgIpc) is 2.42. The van der Waals surface area contributed by atoms with Gasteiger partial charge in [-0.15, -0.1) is 0 Å². The van der Waals surface area contributed by atoms with Crippen LogP contribution in [0.15, 0.2) is 18.2 Å². The molecule has 0 N–H and O–H groups in total. The van der Waals surface area contributed by atoms with Crippen molar-refractivity contribution in [2.45, 2.75) is 34.6 Å². The van der Waals surface area contributed by atoms with Crippen LogP contribution >= 0.6 is 0 Å². The van der Waals surface area contributed by atoms with E-state index in [4.69, 9.17) is 4.74 Å². The smallest absolute Gasteiger partial charge is 0.180 e. The van der Waals surface area contributed by atoms with Crippen LogP contribution in [-0.2, 0) is 0 Å². The number of Topliss-reactive ketones (excluding diaryl/α,β-unsaturated/α-hetero) is 1. The molecule has 1 aromatic rings. The Balaban J connectivity index is 2.90. The molecule has 112 valence electrons. The first-order valence-electron chi connectivity index (χ1n) is 7.46. The van der Waals surface area contributed by atoms with E-state index in [0.29, 0.717) is 30.4 Å². The summed E-state index contributed by atoms with van der Waals surface area (Å²) >= 11 is 0. The highest BCUT2D eigenvalue weighted by atomic mass is 16.5. The van der Waals surface area contributed by atoms with Crippen LogP contribution < -0.4 is 4.74 Å². The first kappa shape index (κ1) is 16.7. The van der Waals surface area contributed by atoms with Crippen molar-refractivity contribution in [2.75, 3.05) is 26.2 Å². The van der Waals surface area contributed by atoms with E-state index in [1.165, 1.54) is 0 Å². The SMILES string of the molecule is CCN(CC)CC(=O)c1cc(C)ccc1OCC(C)C. The highest BCUT2D eigenvalue weighted by Crippen LogP contribution is 2.21. The first-order chi connectivity index (χ1) is 9.47. The van der Waals surface area contributed by atoms with Gasteiger partial charge in [-0.1, -0.05) is 39.3 Å². The molecule has 0 aromatic heterocycles. The number of carbonyl (C=O) groups excluding carboxylic acids is 1. The van der Waals surface area contributed by atoms with Crippen LogP contribution in [0.2, 0.25) is 0 Å². The maximum Gasteiger partial charge on any atom is 0.180 e. The third-order valence-electron chi connectivity index (χ3n) is 3.27. The third-order valence-corrected chi connectivity index (χ3v) is 3.27. The number of ketones is 1. The summed E-state index contributed by atoms with van der Waals surface area (Å²) in [5.74, 6) is 1.29. The van der Waals surface area contributed by atoms with E-state index in [2.05, 4.69) is 32.6 Å². The van der Waals surface area contributed by atoms with E-state index in [1.54, 1.807) is 0 Å². The maximum absolute atomic E-state index is 12.5. The van der Waals surface area contributed by atoms with Crippen LogP contribution in [0.1, 0.15) is 43.6 Å². The number of aryl methyl sites for hydroxylation is 1. The van der Waals surface area contributed by atoms with Crippen LogP contribution in [0.4, 0.5) is 0 Å². The van der Waals surface area contributed by atoms with Gasteiger partial charge in [0.15, 0.2) is 5.78 Å². The molecule has 0 atom stereocenters. The second-order valence-corrected chi connectivity index (χ2v) is 5.59. The number of rotatable bonds is 8. The van der Waals surface area contributed by atoms with E-state index >= 15 is 0 Å². The van der Waals surface area contributed by atoms with Crippen LogP contribution in [0.5, 0.6) is 5.75 Å². The van der Waals surface area contributed by atoms with Gasteiger partial charge in [-0.25, -0.2) is 0 Å². The second-order valence-electron chi connectivity index (χ2n) is 5.59. The molecular weight excluding hydrogens is 250 g/mol. The molecular formula is C17H27NO2. The summed E-state index contributed by atoms with van der Waals surface area (Å²) in [7, 11) is 0. The Labute approximate surface area is 122 Å². The summed E-state index contributed by atoms with van der Waals surface area (Å²) in [6, 6.07) is 5.83. The fraction of sp³-hybridized carbons (Fsp3) is 0.588. The molecule has 0 aliphatic rings. The molecule has 3 nitrogen and oxygen atoms in total. The van der Waals surface area contributed by atoms with E-state index in [1.807, 2.05) is 25.1 Å². The first-order valence-corrected chi connectivity index (χ1v) is 7.46. The number of carbonyl (C=O) groups is 1. The van der Waals surface area contributed by atoms with E-state index in [-0.39, 0.29) is 5.78 Å². The minimum atomic E-state index is 0.135. The zero-order chi connectivity index (χ0) is 15.1. The Morgan fingerprint density at radius 1 is 1.25 bits per heavy atom. The molecule has 0 unspecified atom stereocenters. The zero-order valence-corrected chi connectivity index (χ0v) is 13.4. The summed E-state index contributed by atoms with van der Waals surface area (Å²) < 4.78 is 5.78. The van der Waals surface area contributed by atoms with Crippen molar-refractivity contribution in [3.05, 3.63) is 29.3 Å². The predicted molar refractivity (Wildman–Crippen MR) is 83.6 cm³/mol. The van der Waals surface area contributed by atoms with E-state index < -0.39 is 0 Å². The summed E-state index contributed by atoms with van der Waals surface area (Å²) in [6.07, 6.45) is 0. The molecule has 0 heterocycles. The summed E-state index contributed by atoms with van der Waals surface area (Å²) in [4.78, 5) is 14.6. The van der Waals surface area contributed by atoms with Gasteiger partial charge in [0.25, 0.3) is 0 Å². The van der Waals surface area contributed by atoms with Crippen molar-refractivity contribution >= 4 is 5.78 Å². The van der Waals surface area contributed by atoms with Gasteiger partial charge in [-0.3, -0.25) is 9.69 Å². The number of nitrogens with zero attached hydrogens (tertiary/aromatic N) is 1. The van der Waals surface area contributed by atoms with Crippen molar-refractivity contribution in [3.8, 4) is 5.75 Å². The molecule has 0 amide bonds. The number of likely N-dealkylation sites (N-methyl/N-ethyl adjacent to an activating group) is 1. The molecule has 0 aliphatic heterocycles. The Morgan fingerprint density at radius 2 is 1.90 bits per heavy atom. The highest BCUT2D eigenvalue weighted by Gasteiger charge is 2.15.